The van der Waals surface area contributed by atoms with Gasteiger partial charge < -0.3 is 10.1 Å². The van der Waals surface area contributed by atoms with E-state index in [1.807, 2.05) is 23.9 Å². The van der Waals surface area contributed by atoms with Crippen molar-refractivity contribution in [3.8, 4) is 5.75 Å². The Morgan fingerprint density at radius 1 is 1.33 bits per heavy atom. The van der Waals surface area contributed by atoms with Gasteiger partial charge in [0.1, 0.15) is 5.75 Å². The fraction of sp³-hybridized carbons (Fsp3) is 0.167. The minimum absolute atomic E-state index is 0.939. The van der Waals surface area contributed by atoms with Crippen molar-refractivity contribution in [1.82, 2.24) is 0 Å². The second kappa shape index (κ2) is 3.35. The predicted octanol–water partition coefficient (Wildman–Crippen LogP) is 3.32. The molecular weight excluding hydrogens is 206 g/mol. The van der Waals surface area contributed by atoms with Crippen molar-refractivity contribution < 1.29 is 4.74 Å². The van der Waals surface area contributed by atoms with Crippen molar-refractivity contribution in [2.24, 2.45) is 0 Å². The van der Waals surface area contributed by atoms with Gasteiger partial charge in [0.05, 0.1) is 13.0 Å². The van der Waals surface area contributed by atoms with Crippen molar-refractivity contribution in [3.05, 3.63) is 30.3 Å². The van der Waals surface area contributed by atoms with Crippen LogP contribution < -0.4 is 10.1 Å². The van der Waals surface area contributed by atoms with Crippen LogP contribution in [0.2, 0.25) is 0 Å². The van der Waals surface area contributed by atoms with Crippen LogP contribution >= 0.6 is 11.8 Å². The fourth-order valence-electron chi connectivity index (χ4n) is 1.90. The largest absolute Gasteiger partial charge is 0.496 e. The number of anilines is 1. The highest BCUT2D eigenvalue weighted by molar-refractivity contribution is 7.99. The molecule has 0 saturated carbocycles. The summed E-state index contributed by atoms with van der Waals surface area (Å²) in [5.74, 6) is 1.91. The zero-order valence-electron chi connectivity index (χ0n) is 8.41. The second-order valence-corrected chi connectivity index (χ2v) is 4.51. The first-order valence-corrected chi connectivity index (χ1v) is 5.84. The summed E-state index contributed by atoms with van der Waals surface area (Å²) in [5.41, 5.74) is 1.22. The van der Waals surface area contributed by atoms with Crippen molar-refractivity contribution in [3.63, 3.8) is 0 Å². The van der Waals surface area contributed by atoms with E-state index in [9.17, 15) is 0 Å². The minimum Gasteiger partial charge on any atom is -0.496 e. The summed E-state index contributed by atoms with van der Waals surface area (Å²) in [7, 11) is 1.71. The number of hydrogen-bond acceptors (Lipinski definition) is 3. The van der Waals surface area contributed by atoms with Gasteiger partial charge in [0.15, 0.2) is 0 Å². The molecule has 1 heterocycles. The molecule has 3 heteroatoms. The molecule has 0 atom stereocenters. The van der Waals surface area contributed by atoms with Crippen LogP contribution in [0.4, 0.5) is 5.69 Å². The maximum Gasteiger partial charge on any atom is 0.126 e. The Bertz CT molecular complexity index is 524. The predicted molar refractivity (Wildman–Crippen MR) is 64.8 cm³/mol. The number of methoxy groups -OCH3 is 1. The Morgan fingerprint density at radius 2 is 2.27 bits per heavy atom. The third-order valence-corrected chi connectivity index (χ3v) is 3.59. The van der Waals surface area contributed by atoms with Gasteiger partial charge in [-0.1, -0.05) is 12.1 Å². The van der Waals surface area contributed by atoms with E-state index in [0.29, 0.717) is 0 Å². The smallest absolute Gasteiger partial charge is 0.126 e. The number of nitrogens with one attached hydrogen (secondary N) is 1. The lowest BCUT2D eigenvalue weighted by atomic mass is 10.1. The van der Waals surface area contributed by atoms with Crippen LogP contribution in [0.25, 0.3) is 10.8 Å². The van der Waals surface area contributed by atoms with Gasteiger partial charge in [-0.2, -0.15) is 0 Å². The summed E-state index contributed by atoms with van der Waals surface area (Å²) in [6, 6.07) is 10.5. The highest BCUT2D eigenvalue weighted by Gasteiger charge is 2.12. The summed E-state index contributed by atoms with van der Waals surface area (Å²) in [4.78, 5) is 1.33. The third-order valence-electron chi connectivity index (χ3n) is 2.65. The molecule has 0 fully saturated rings. The average Bonchev–Trinajstić information content (AvgIpc) is 2.72. The molecule has 2 aromatic carbocycles. The molecular formula is C12H11NOS. The molecule has 1 aliphatic heterocycles. The Hall–Kier alpha value is -1.35. The van der Waals surface area contributed by atoms with E-state index in [4.69, 9.17) is 4.74 Å². The van der Waals surface area contributed by atoms with Gasteiger partial charge in [-0.3, -0.25) is 0 Å². The monoisotopic (exact) mass is 217 g/mol. The summed E-state index contributed by atoms with van der Waals surface area (Å²) in [6.45, 7) is 0. The average molecular weight is 217 g/mol. The van der Waals surface area contributed by atoms with Gasteiger partial charge in [-0.25, -0.2) is 0 Å². The Balaban J connectivity index is 2.33. The molecule has 76 valence electrons. The number of hydrogen-bond donors (Lipinski definition) is 1. The molecule has 0 spiro atoms. The van der Waals surface area contributed by atoms with Crippen LogP contribution in [-0.2, 0) is 0 Å². The molecule has 1 aliphatic rings. The SMILES string of the molecule is COc1cccc2cc3c(cc12)NCS3. The van der Waals surface area contributed by atoms with Crippen LogP contribution in [-0.4, -0.2) is 13.0 Å². The van der Waals surface area contributed by atoms with Crippen molar-refractivity contribution >= 4 is 28.2 Å². The first-order valence-electron chi connectivity index (χ1n) is 4.86. The van der Waals surface area contributed by atoms with Crippen LogP contribution in [0.1, 0.15) is 0 Å². The van der Waals surface area contributed by atoms with E-state index in [1.165, 1.54) is 21.4 Å². The molecule has 0 aromatic heterocycles. The Morgan fingerprint density at radius 3 is 3.13 bits per heavy atom. The van der Waals surface area contributed by atoms with E-state index in [1.54, 1.807) is 7.11 Å². The maximum absolute atomic E-state index is 5.35. The minimum atomic E-state index is 0.939. The zero-order chi connectivity index (χ0) is 10.3. The lowest BCUT2D eigenvalue weighted by Crippen LogP contribution is -1.89. The standard InChI is InChI=1S/C12H11NOS/c1-14-11-4-2-3-8-5-12-10(6-9(8)11)13-7-15-12/h2-6,13H,7H2,1H3. The lowest BCUT2D eigenvalue weighted by molar-refractivity contribution is 0.420. The number of benzene rings is 2. The molecule has 0 aliphatic carbocycles. The van der Waals surface area contributed by atoms with E-state index in [2.05, 4.69) is 23.5 Å². The third kappa shape index (κ3) is 1.35. The van der Waals surface area contributed by atoms with E-state index in [-0.39, 0.29) is 0 Å². The Labute approximate surface area is 92.6 Å². The molecule has 0 bridgehead atoms. The first-order chi connectivity index (χ1) is 7.38. The van der Waals surface area contributed by atoms with Crippen molar-refractivity contribution in [1.29, 1.82) is 0 Å². The Kier molecular flexibility index (Phi) is 1.99. The molecule has 0 saturated heterocycles. The number of rotatable bonds is 1. The molecule has 2 nitrogen and oxygen atoms in total. The number of thioether (sulfide) groups is 1. The summed E-state index contributed by atoms with van der Waals surface area (Å²) < 4.78 is 5.35. The zero-order valence-corrected chi connectivity index (χ0v) is 9.23. The van der Waals surface area contributed by atoms with E-state index in [0.717, 1.165) is 11.6 Å². The van der Waals surface area contributed by atoms with Crippen LogP contribution in [0.5, 0.6) is 5.75 Å². The fourth-order valence-corrected chi connectivity index (χ4v) is 2.78. The lowest BCUT2D eigenvalue weighted by Gasteiger charge is -2.07. The van der Waals surface area contributed by atoms with Gasteiger partial charge >= 0.3 is 0 Å². The van der Waals surface area contributed by atoms with E-state index < -0.39 is 0 Å². The molecule has 0 unspecified atom stereocenters. The molecule has 1 N–H and O–H groups in total. The molecule has 0 radical (unpaired) electrons. The van der Waals surface area contributed by atoms with Gasteiger partial charge in [0.25, 0.3) is 0 Å². The van der Waals surface area contributed by atoms with Crippen molar-refractivity contribution in [2.75, 3.05) is 18.3 Å². The maximum atomic E-state index is 5.35. The van der Waals surface area contributed by atoms with E-state index >= 15 is 0 Å². The van der Waals surface area contributed by atoms with Gasteiger partial charge in [-0.05, 0) is 23.6 Å². The van der Waals surface area contributed by atoms with Crippen LogP contribution in [0.15, 0.2) is 35.2 Å². The highest BCUT2D eigenvalue weighted by Crippen LogP contribution is 2.39. The molecule has 0 amide bonds. The molecule has 3 rings (SSSR count). The van der Waals surface area contributed by atoms with Crippen LogP contribution in [0, 0.1) is 0 Å². The van der Waals surface area contributed by atoms with Gasteiger partial charge in [0, 0.05) is 16.0 Å². The number of fused-ring (bicyclic) bond motifs is 2. The summed E-state index contributed by atoms with van der Waals surface area (Å²) in [6.07, 6.45) is 0. The summed E-state index contributed by atoms with van der Waals surface area (Å²) >= 11 is 1.84. The topological polar surface area (TPSA) is 21.3 Å². The quantitative estimate of drug-likeness (QED) is 0.791. The highest BCUT2D eigenvalue weighted by atomic mass is 32.2. The number of ether oxygens (including phenoxy) is 1. The normalized spacial score (nSPS) is 13.7. The van der Waals surface area contributed by atoms with Crippen molar-refractivity contribution in [2.45, 2.75) is 4.90 Å². The molecule has 2 aromatic rings. The van der Waals surface area contributed by atoms with Gasteiger partial charge in [-0.15, -0.1) is 11.8 Å². The van der Waals surface area contributed by atoms with Gasteiger partial charge in [0.2, 0.25) is 0 Å². The second-order valence-electron chi connectivity index (χ2n) is 3.50. The van der Waals surface area contributed by atoms with Crippen LogP contribution in [0.3, 0.4) is 0 Å². The molecule has 15 heavy (non-hydrogen) atoms. The first kappa shape index (κ1) is 8.92. The summed E-state index contributed by atoms with van der Waals surface area (Å²) in [5, 5.41) is 5.77.